The maximum absolute atomic E-state index is 12.9. The average Bonchev–Trinajstić information content (AvgIpc) is 2.10. The minimum absolute atomic E-state index is 0.468. The first-order valence-electron chi connectivity index (χ1n) is 3.74. The maximum atomic E-state index is 12.9. The number of benzene rings is 1. The number of hydrogen-bond acceptors (Lipinski definition) is 2. The van der Waals surface area contributed by atoms with Gasteiger partial charge in [-0.25, -0.2) is 8.78 Å². The van der Waals surface area contributed by atoms with E-state index in [0.29, 0.717) is 12.1 Å². The van der Waals surface area contributed by atoms with Crippen molar-refractivity contribution >= 4 is 0 Å². The molecule has 0 saturated heterocycles. The molecule has 0 aliphatic heterocycles. The zero-order chi connectivity index (χ0) is 11.8. The molecule has 0 radical (unpaired) electrons. The molecule has 84 valence electrons. The highest BCUT2D eigenvalue weighted by atomic mass is 19.4. The van der Waals surface area contributed by atoms with Crippen LogP contribution in [0.1, 0.15) is 11.6 Å². The molecule has 0 aliphatic rings. The normalized spacial score (nSPS) is 14.0. The molecule has 2 nitrogen and oxygen atoms in total. The van der Waals surface area contributed by atoms with Gasteiger partial charge in [-0.3, -0.25) is 0 Å². The van der Waals surface area contributed by atoms with Crippen molar-refractivity contribution in [2.24, 2.45) is 5.73 Å². The Balaban J connectivity index is 3.31. The SMILES string of the molecule is N[C@H](c1c(F)ccc(F)c1O)C(F)(F)F. The Labute approximate surface area is 81.1 Å². The van der Waals surface area contributed by atoms with Crippen molar-refractivity contribution in [1.29, 1.82) is 0 Å². The van der Waals surface area contributed by atoms with Gasteiger partial charge in [-0.1, -0.05) is 0 Å². The summed E-state index contributed by atoms with van der Waals surface area (Å²) in [6, 6.07) is -1.78. The Morgan fingerprint density at radius 3 is 2.07 bits per heavy atom. The minimum Gasteiger partial charge on any atom is -0.505 e. The molecule has 1 atom stereocenters. The highest BCUT2D eigenvalue weighted by Crippen LogP contribution is 2.37. The summed E-state index contributed by atoms with van der Waals surface area (Å²) in [5.41, 5.74) is 3.36. The van der Waals surface area contributed by atoms with Crippen molar-refractivity contribution < 1.29 is 27.1 Å². The number of phenolic OH excluding ortho intramolecular Hbond substituents is 1. The molecule has 0 heterocycles. The number of hydrogen-bond donors (Lipinski definition) is 2. The molecule has 0 amide bonds. The second-order valence-corrected chi connectivity index (χ2v) is 2.81. The average molecular weight is 227 g/mol. The Bertz CT molecular complexity index is 376. The molecule has 3 N–H and O–H groups in total. The van der Waals surface area contributed by atoms with Gasteiger partial charge in [0.25, 0.3) is 0 Å². The van der Waals surface area contributed by atoms with Crippen LogP contribution in [0.15, 0.2) is 12.1 Å². The van der Waals surface area contributed by atoms with E-state index in [4.69, 9.17) is 5.11 Å². The van der Waals surface area contributed by atoms with E-state index in [1.165, 1.54) is 0 Å². The molecule has 7 heteroatoms. The fourth-order valence-electron chi connectivity index (χ4n) is 1.02. The molecule has 0 aliphatic carbocycles. The second kappa shape index (κ2) is 3.65. The molecular formula is C8H6F5NO. The Kier molecular flexibility index (Phi) is 2.85. The van der Waals surface area contributed by atoms with E-state index in [2.05, 4.69) is 5.73 Å². The quantitative estimate of drug-likeness (QED) is 0.722. The van der Waals surface area contributed by atoms with Crippen molar-refractivity contribution in [3.63, 3.8) is 0 Å². The fourth-order valence-corrected chi connectivity index (χ4v) is 1.02. The predicted molar refractivity (Wildman–Crippen MR) is 41.0 cm³/mol. The molecular weight excluding hydrogens is 221 g/mol. The molecule has 0 bridgehead atoms. The van der Waals surface area contributed by atoms with Crippen LogP contribution >= 0.6 is 0 Å². The van der Waals surface area contributed by atoms with Crippen LogP contribution in [0.5, 0.6) is 5.75 Å². The van der Waals surface area contributed by atoms with E-state index in [1.54, 1.807) is 0 Å². The van der Waals surface area contributed by atoms with E-state index >= 15 is 0 Å². The zero-order valence-corrected chi connectivity index (χ0v) is 7.15. The first-order valence-corrected chi connectivity index (χ1v) is 3.74. The van der Waals surface area contributed by atoms with Gasteiger partial charge < -0.3 is 10.8 Å². The van der Waals surface area contributed by atoms with Gasteiger partial charge in [0.1, 0.15) is 11.9 Å². The largest absolute Gasteiger partial charge is 0.505 e. The molecule has 1 aromatic carbocycles. The third-order valence-corrected chi connectivity index (χ3v) is 1.78. The Morgan fingerprint density at radius 2 is 1.60 bits per heavy atom. The Morgan fingerprint density at radius 1 is 1.13 bits per heavy atom. The van der Waals surface area contributed by atoms with Crippen LogP contribution in [-0.2, 0) is 0 Å². The van der Waals surface area contributed by atoms with Crippen LogP contribution in [0, 0.1) is 11.6 Å². The van der Waals surface area contributed by atoms with Gasteiger partial charge in [0.15, 0.2) is 11.6 Å². The lowest BCUT2D eigenvalue weighted by Gasteiger charge is -2.17. The first-order chi connectivity index (χ1) is 6.75. The van der Waals surface area contributed by atoms with Gasteiger partial charge in [-0.15, -0.1) is 0 Å². The van der Waals surface area contributed by atoms with E-state index in [0.717, 1.165) is 0 Å². The van der Waals surface area contributed by atoms with E-state index < -0.39 is 35.2 Å². The Hall–Kier alpha value is -1.37. The highest BCUT2D eigenvalue weighted by molar-refractivity contribution is 5.37. The van der Waals surface area contributed by atoms with Crippen molar-refractivity contribution in [3.05, 3.63) is 29.3 Å². The van der Waals surface area contributed by atoms with Crippen LogP contribution in [0.2, 0.25) is 0 Å². The van der Waals surface area contributed by atoms with Crippen LogP contribution in [0.4, 0.5) is 22.0 Å². The predicted octanol–water partition coefficient (Wildman–Crippen LogP) is 2.23. The summed E-state index contributed by atoms with van der Waals surface area (Å²) in [6.45, 7) is 0. The van der Waals surface area contributed by atoms with Crippen LogP contribution in [0.25, 0.3) is 0 Å². The summed E-state index contributed by atoms with van der Waals surface area (Å²) in [6.07, 6.45) is -4.95. The molecule has 0 unspecified atom stereocenters. The highest BCUT2D eigenvalue weighted by Gasteiger charge is 2.41. The lowest BCUT2D eigenvalue weighted by Crippen LogP contribution is -2.29. The third kappa shape index (κ3) is 2.17. The second-order valence-electron chi connectivity index (χ2n) is 2.81. The zero-order valence-electron chi connectivity index (χ0n) is 7.15. The summed E-state index contributed by atoms with van der Waals surface area (Å²) in [7, 11) is 0. The van der Waals surface area contributed by atoms with Gasteiger partial charge in [-0.2, -0.15) is 13.2 Å². The number of alkyl halides is 3. The topological polar surface area (TPSA) is 46.2 Å². The minimum atomic E-state index is -4.95. The van der Waals surface area contributed by atoms with Gasteiger partial charge in [-0.05, 0) is 12.1 Å². The van der Waals surface area contributed by atoms with Gasteiger partial charge in [0.05, 0.1) is 5.56 Å². The fraction of sp³-hybridized carbons (Fsp3) is 0.250. The van der Waals surface area contributed by atoms with Crippen LogP contribution in [-0.4, -0.2) is 11.3 Å². The van der Waals surface area contributed by atoms with Crippen LogP contribution < -0.4 is 5.73 Å². The monoisotopic (exact) mass is 227 g/mol. The maximum Gasteiger partial charge on any atom is 0.407 e. The molecule has 0 fully saturated rings. The number of nitrogens with two attached hydrogens (primary N) is 1. The molecule has 0 spiro atoms. The summed E-state index contributed by atoms with van der Waals surface area (Å²) < 4.78 is 61.9. The number of aromatic hydroxyl groups is 1. The number of phenols is 1. The molecule has 0 saturated carbocycles. The van der Waals surface area contributed by atoms with E-state index in [1.807, 2.05) is 0 Å². The van der Waals surface area contributed by atoms with Crippen molar-refractivity contribution in [2.75, 3.05) is 0 Å². The lowest BCUT2D eigenvalue weighted by atomic mass is 10.1. The van der Waals surface area contributed by atoms with Crippen molar-refractivity contribution in [3.8, 4) is 5.75 Å². The van der Waals surface area contributed by atoms with Crippen molar-refractivity contribution in [1.82, 2.24) is 0 Å². The van der Waals surface area contributed by atoms with Gasteiger partial charge in [0.2, 0.25) is 0 Å². The third-order valence-electron chi connectivity index (χ3n) is 1.78. The number of halogens is 5. The summed E-state index contributed by atoms with van der Waals surface area (Å²) in [5, 5.41) is 8.92. The summed E-state index contributed by atoms with van der Waals surface area (Å²) >= 11 is 0. The smallest absolute Gasteiger partial charge is 0.407 e. The summed E-state index contributed by atoms with van der Waals surface area (Å²) in [5.74, 6) is -4.18. The molecule has 0 aromatic heterocycles. The lowest BCUT2D eigenvalue weighted by molar-refractivity contribution is -0.150. The number of rotatable bonds is 1. The van der Waals surface area contributed by atoms with Crippen molar-refractivity contribution in [2.45, 2.75) is 12.2 Å². The van der Waals surface area contributed by atoms with E-state index in [-0.39, 0.29) is 0 Å². The van der Waals surface area contributed by atoms with E-state index in [9.17, 15) is 22.0 Å². The first kappa shape index (κ1) is 11.7. The molecule has 15 heavy (non-hydrogen) atoms. The standard InChI is InChI=1S/C8H6F5NO/c9-3-1-2-4(10)6(15)5(3)7(14)8(11,12)13/h1-2,7,15H,14H2/t7-/m1/s1. The van der Waals surface area contributed by atoms with Gasteiger partial charge >= 0.3 is 6.18 Å². The molecule has 1 rings (SSSR count). The summed E-state index contributed by atoms with van der Waals surface area (Å²) in [4.78, 5) is 0. The molecule has 1 aromatic rings. The van der Waals surface area contributed by atoms with Gasteiger partial charge in [0, 0.05) is 0 Å². The van der Waals surface area contributed by atoms with Crippen LogP contribution in [0.3, 0.4) is 0 Å².